The third-order valence-corrected chi connectivity index (χ3v) is 8.39. The van der Waals surface area contributed by atoms with Gasteiger partial charge in [-0.3, -0.25) is 4.98 Å². The minimum absolute atomic E-state index is 0.111. The lowest BCUT2D eigenvalue weighted by molar-refractivity contribution is -0.0198. The molecule has 2 fully saturated rings. The summed E-state index contributed by atoms with van der Waals surface area (Å²) in [6, 6.07) is 9.56. The van der Waals surface area contributed by atoms with E-state index in [-0.39, 0.29) is 47.1 Å². The molecule has 6 rings (SSSR count). The molecular formula is C32H35F2N7O3. The summed E-state index contributed by atoms with van der Waals surface area (Å²) >= 11 is 0. The van der Waals surface area contributed by atoms with Crippen molar-refractivity contribution in [2.75, 3.05) is 25.1 Å². The molecule has 44 heavy (non-hydrogen) atoms. The van der Waals surface area contributed by atoms with Gasteiger partial charge in [-0.05, 0) is 48.4 Å². The molecule has 1 aromatic carbocycles. The summed E-state index contributed by atoms with van der Waals surface area (Å²) in [6.45, 7) is 3.61. The van der Waals surface area contributed by atoms with Gasteiger partial charge in [0.15, 0.2) is 0 Å². The third kappa shape index (κ3) is 6.36. The van der Waals surface area contributed by atoms with Crippen molar-refractivity contribution < 1.29 is 23.0 Å². The van der Waals surface area contributed by atoms with Crippen LogP contribution in [-0.4, -0.2) is 57.7 Å². The number of ether oxygens (including phenoxy) is 3. The van der Waals surface area contributed by atoms with E-state index in [2.05, 4.69) is 33.4 Å². The molecule has 4 aromatic rings. The zero-order valence-electron chi connectivity index (χ0n) is 24.5. The maximum Gasteiger partial charge on any atom is 0.229 e. The summed E-state index contributed by atoms with van der Waals surface area (Å²) in [5.41, 5.74) is 8.84. The molecule has 0 radical (unpaired) electrons. The highest BCUT2D eigenvalue weighted by atomic mass is 19.1. The quantitative estimate of drug-likeness (QED) is 0.238. The standard InChI is InChI=1S/C32H35F2N7O3/c1-19-13-20(14-27(36)31(19)43-10-2-8-35)24-5-9-37-18-29(24)39-32-38-17-21-3-4-28(40-41(21)32)30-25(33)15-23(16-26(30)34)44-22-6-11-42-12-7-22/h3-5,9,15-20,22,27,31H,2,6-7,10-14,36H2,1H3,(H,38,39)/t19-,20+,27+,31-/m0/s1. The molecule has 0 unspecified atom stereocenters. The number of nitrogens with two attached hydrogens (primary N) is 1. The molecule has 0 bridgehead atoms. The van der Waals surface area contributed by atoms with Crippen molar-refractivity contribution in [3.8, 4) is 23.1 Å². The minimum Gasteiger partial charge on any atom is -0.490 e. The maximum atomic E-state index is 15.3. The molecule has 1 aliphatic heterocycles. The molecule has 3 aromatic heterocycles. The summed E-state index contributed by atoms with van der Waals surface area (Å²) < 4.78 is 49.2. The second kappa shape index (κ2) is 13.2. The van der Waals surface area contributed by atoms with Crippen LogP contribution in [0, 0.1) is 28.9 Å². The van der Waals surface area contributed by atoms with Gasteiger partial charge in [0.25, 0.3) is 0 Å². The van der Waals surface area contributed by atoms with Crippen molar-refractivity contribution in [2.24, 2.45) is 11.7 Å². The van der Waals surface area contributed by atoms with Crippen LogP contribution in [-0.2, 0) is 9.47 Å². The van der Waals surface area contributed by atoms with Gasteiger partial charge in [-0.25, -0.2) is 13.8 Å². The largest absolute Gasteiger partial charge is 0.490 e. The highest BCUT2D eigenvalue weighted by Crippen LogP contribution is 2.40. The number of rotatable bonds is 9. The molecule has 4 atom stereocenters. The molecule has 1 saturated carbocycles. The number of nitriles is 1. The molecule has 230 valence electrons. The molecule has 0 spiro atoms. The Morgan fingerprint density at radius 2 is 1.93 bits per heavy atom. The Morgan fingerprint density at radius 1 is 1.14 bits per heavy atom. The lowest BCUT2D eigenvalue weighted by atomic mass is 9.74. The topological polar surface area (TPSA) is 133 Å². The van der Waals surface area contributed by atoms with E-state index in [0.29, 0.717) is 57.0 Å². The van der Waals surface area contributed by atoms with Gasteiger partial charge >= 0.3 is 0 Å². The second-order valence-corrected chi connectivity index (χ2v) is 11.5. The number of nitrogens with one attached hydrogen (secondary N) is 1. The van der Waals surface area contributed by atoms with Gasteiger partial charge in [-0.15, -0.1) is 0 Å². The van der Waals surface area contributed by atoms with Gasteiger partial charge in [0.1, 0.15) is 23.5 Å². The predicted octanol–water partition coefficient (Wildman–Crippen LogP) is 5.51. The van der Waals surface area contributed by atoms with E-state index in [1.807, 2.05) is 6.07 Å². The average molecular weight is 604 g/mol. The Hall–Kier alpha value is -4.18. The number of nitrogens with zero attached hydrogens (tertiary/aromatic N) is 5. The van der Waals surface area contributed by atoms with Gasteiger partial charge in [0.05, 0.1) is 73.3 Å². The molecule has 0 amide bonds. The van der Waals surface area contributed by atoms with Crippen molar-refractivity contribution in [2.45, 2.75) is 63.2 Å². The van der Waals surface area contributed by atoms with E-state index in [0.717, 1.165) is 17.7 Å². The molecular weight excluding hydrogens is 568 g/mol. The van der Waals surface area contributed by atoms with E-state index < -0.39 is 11.6 Å². The first-order chi connectivity index (χ1) is 21.4. The van der Waals surface area contributed by atoms with Crippen LogP contribution in [0.3, 0.4) is 0 Å². The number of benzene rings is 1. The number of anilines is 2. The Balaban J connectivity index is 1.23. The van der Waals surface area contributed by atoms with E-state index in [4.69, 9.17) is 25.2 Å². The van der Waals surface area contributed by atoms with Crippen LogP contribution in [0.25, 0.3) is 16.8 Å². The Kier molecular flexibility index (Phi) is 8.97. The summed E-state index contributed by atoms with van der Waals surface area (Å²) in [4.78, 5) is 8.81. The molecule has 2 aliphatic rings. The van der Waals surface area contributed by atoms with E-state index in [1.54, 1.807) is 30.7 Å². The number of halogens is 2. The van der Waals surface area contributed by atoms with E-state index in [9.17, 15) is 0 Å². The smallest absolute Gasteiger partial charge is 0.229 e. The Bertz CT molecular complexity index is 1620. The van der Waals surface area contributed by atoms with E-state index in [1.165, 1.54) is 16.6 Å². The number of hydrogen-bond donors (Lipinski definition) is 2. The lowest BCUT2D eigenvalue weighted by Gasteiger charge is -2.39. The van der Waals surface area contributed by atoms with Crippen molar-refractivity contribution in [3.05, 3.63) is 66.1 Å². The Labute approximate surface area is 254 Å². The monoisotopic (exact) mass is 603 g/mol. The van der Waals surface area contributed by atoms with Crippen LogP contribution in [0.1, 0.15) is 50.5 Å². The number of pyridine rings is 1. The third-order valence-electron chi connectivity index (χ3n) is 8.39. The van der Waals surface area contributed by atoms with Crippen molar-refractivity contribution in [1.29, 1.82) is 5.26 Å². The fraction of sp³-hybridized carbons (Fsp3) is 0.438. The molecule has 12 heteroatoms. The van der Waals surface area contributed by atoms with Crippen LogP contribution < -0.4 is 15.8 Å². The van der Waals surface area contributed by atoms with Gasteiger partial charge < -0.3 is 25.3 Å². The van der Waals surface area contributed by atoms with Crippen molar-refractivity contribution in [1.82, 2.24) is 19.6 Å². The zero-order valence-corrected chi connectivity index (χ0v) is 24.5. The SMILES string of the molecule is C[C@H]1C[C@@H](c2ccncc2Nc2ncc3ccc(-c4c(F)cc(OC5CCOCC5)cc4F)nn23)C[C@@H](N)[C@H]1OCCC#N. The Morgan fingerprint density at radius 3 is 2.68 bits per heavy atom. The van der Waals surface area contributed by atoms with Crippen LogP contribution in [0.5, 0.6) is 5.75 Å². The van der Waals surface area contributed by atoms with Crippen LogP contribution in [0.2, 0.25) is 0 Å². The molecule has 1 aliphatic carbocycles. The van der Waals surface area contributed by atoms with Crippen LogP contribution in [0.15, 0.2) is 48.9 Å². The zero-order chi connectivity index (χ0) is 30.6. The van der Waals surface area contributed by atoms with Gasteiger partial charge in [-0.2, -0.15) is 14.9 Å². The normalized spacial score (nSPS) is 22.5. The number of imidazole rings is 1. The highest BCUT2D eigenvalue weighted by Gasteiger charge is 2.36. The fourth-order valence-electron chi connectivity index (χ4n) is 6.28. The second-order valence-electron chi connectivity index (χ2n) is 11.5. The predicted molar refractivity (Wildman–Crippen MR) is 159 cm³/mol. The molecule has 3 N–H and O–H groups in total. The molecule has 10 nitrogen and oxygen atoms in total. The fourth-order valence-corrected chi connectivity index (χ4v) is 6.28. The van der Waals surface area contributed by atoms with Gasteiger partial charge in [0.2, 0.25) is 5.95 Å². The van der Waals surface area contributed by atoms with Gasteiger partial charge in [0, 0.05) is 37.2 Å². The number of hydrogen-bond acceptors (Lipinski definition) is 9. The average Bonchev–Trinajstić information content (AvgIpc) is 3.41. The summed E-state index contributed by atoms with van der Waals surface area (Å²) in [7, 11) is 0. The van der Waals surface area contributed by atoms with E-state index >= 15 is 8.78 Å². The first-order valence-corrected chi connectivity index (χ1v) is 14.9. The maximum absolute atomic E-state index is 15.3. The van der Waals surface area contributed by atoms with Crippen LogP contribution >= 0.6 is 0 Å². The van der Waals surface area contributed by atoms with Crippen molar-refractivity contribution >= 4 is 17.2 Å². The molecule has 1 saturated heterocycles. The van der Waals surface area contributed by atoms with Crippen LogP contribution in [0.4, 0.5) is 20.4 Å². The number of aromatic nitrogens is 4. The lowest BCUT2D eigenvalue weighted by Crippen LogP contribution is -2.46. The molecule has 4 heterocycles. The first-order valence-electron chi connectivity index (χ1n) is 14.9. The first kappa shape index (κ1) is 29.9. The summed E-state index contributed by atoms with van der Waals surface area (Å²) in [6.07, 6.45) is 8.08. The van der Waals surface area contributed by atoms with Gasteiger partial charge in [-0.1, -0.05) is 6.92 Å². The van der Waals surface area contributed by atoms with Crippen molar-refractivity contribution in [3.63, 3.8) is 0 Å². The summed E-state index contributed by atoms with van der Waals surface area (Å²) in [5.74, 6) is -0.675. The highest BCUT2D eigenvalue weighted by molar-refractivity contribution is 5.66. The minimum atomic E-state index is -0.763. The number of fused-ring (bicyclic) bond motifs is 1. The summed E-state index contributed by atoms with van der Waals surface area (Å²) in [5, 5.41) is 16.7.